The second-order valence-electron chi connectivity index (χ2n) is 7.81. The van der Waals surface area contributed by atoms with Gasteiger partial charge in [-0.25, -0.2) is 9.48 Å². The predicted molar refractivity (Wildman–Crippen MR) is 107 cm³/mol. The van der Waals surface area contributed by atoms with Crippen molar-refractivity contribution >= 4 is 22.8 Å². The van der Waals surface area contributed by atoms with Crippen molar-refractivity contribution < 1.29 is 14.7 Å². The summed E-state index contributed by atoms with van der Waals surface area (Å²) in [4.78, 5) is 29.2. The number of pyridine rings is 1. The molecule has 0 saturated heterocycles. The number of hydrogen-bond acceptors (Lipinski definition) is 5. The average Bonchev–Trinajstić information content (AvgIpc) is 3.10. The molecule has 0 radical (unpaired) electrons. The fourth-order valence-electron chi connectivity index (χ4n) is 3.96. The summed E-state index contributed by atoms with van der Waals surface area (Å²) >= 11 is 0. The highest BCUT2D eigenvalue weighted by molar-refractivity contribution is 5.97. The summed E-state index contributed by atoms with van der Waals surface area (Å²) in [5.74, 6) is -1.05. The lowest BCUT2D eigenvalue weighted by molar-refractivity contribution is -0.146. The molecule has 1 fully saturated rings. The summed E-state index contributed by atoms with van der Waals surface area (Å²) in [6.07, 6.45) is 4.08. The number of rotatable bonds is 4. The summed E-state index contributed by atoms with van der Waals surface area (Å²) < 4.78 is 1.59. The minimum atomic E-state index is -1.25. The average molecular weight is 393 g/mol. The normalized spacial score (nSPS) is 21.8. The van der Waals surface area contributed by atoms with Gasteiger partial charge in [-0.05, 0) is 62.8 Å². The van der Waals surface area contributed by atoms with Crippen molar-refractivity contribution in [2.24, 2.45) is 5.92 Å². The fraction of sp³-hybridized carbons (Fsp3) is 0.381. The second kappa shape index (κ2) is 7.27. The maximum absolute atomic E-state index is 12.9. The van der Waals surface area contributed by atoms with E-state index in [4.69, 9.17) is 0 Å². The van der Waals surface area contributed by atoms with Crippen molar-refractivity contribution in [1.82, 2.24) is 25.3 Å². The molecule has 1 aromatic carbocycles. The van der Waals surface area contributed by atoms with Gasteiger partial charge in [0.25, 0.3) is 5.91 Å². The molecule has 0 aliphatic heterocycles. The number of fused-ring (bicyclic) bond motifs is 1. The molecule has 2 heterocycles. The van der Waals surface area contributed by atoms with E-state index in [1.165, 1.54) is 0 Å². The van der Waals surface area contributed by atoms with E-state index in [1.54, 1.807) is 17.8 Å². The Hall–Kier alpha value is -3.29. The van der Waals surface area contributed by atoms with Crippen molar-refractivity contribution in [2.75, 3.05) is 0 Å². The first-order chi connectivity index (χ1) is 13.9. The molecular weight excluding hydrogens is 370 g/mol. The Bertz CT molecular complexity index is 1080. The Morgan fingerprint density at radius 2 is 1.97 bits per heavy atom. The zero-order valence-corrected chi connectivity index (χ0v) is 16.4. The van der Waals surface area contributed by atoms with Gasteiger partial charge in [0.2, 0.25) is 0 Å². The first-order valence-corrected chi connectivity index (χ1v) is 9.73. The minimum Gasteiger partial charge on any atom is -0.480 e. The number of amides is 1. The van der Waals surface area contributed by atoms with E-state index in [0.717, 1.165) is 29.4 Å². The number of carbonyl (C=O) groups is 2. The number of carboxylic acid groups (broad SMARTS) is 1. The molecule has 8 nitrogen and oxygen atoms in total. The summed E-state index contributed by atoms with van der Waals surface area (Å²) in [7, 11) is 0. The van der Waals surface area contributed by atoms with E-state index in [9.17, 15) is 14.7 Å². The minimum absolute atomic E-state index is 0.130. The molecule has 1 saturated carbocycles. The van der Waals surface area contributed by atoms with Crippen LogP contribution in [0.25, 0.3) is 16.6 Å². The van der Waals surface area contributed by atoms with Crippen molar-refractivity contribution in [3.8, 4) is 5.69 Å². The van der Waals surface area contributed by atoms with E-state index < -0.39 is 17.4 Å². The van der Waals surface area contributed by atoms with E-state index in [-0.39, 0.29) is 5.69 Å². The lowest BCUT2D eigenvalue weighted by Gasteiger charge is -2.36. The van der Waals surface area contributed by atoms with Crippen LogP contribution in [0, 0.1) is 12.8 Å². The van der Waals surface area contributed by atoms with Gasteiger partial charge in [-0.1, -0.05) is 18.2 Å². The monoisotopic (exact) mass is 393 g/mol. The van der Waals surface area contributed by atoms with Crippen LogP contribution in [0.15, 0.2) is 36.5 Å². The number of aromatic nitrogens is 4. The standard InChI is InChI=1S/C21H23N5O3/c1-13-8-10-21(11-9-13,20(28)29)23-19(27)18-14(2)26(25-24-18)17-7-3-6-16-15(17)5-4-12-22-16/h3-7,12-13H,8-11H2,1-2H3,(H,23,27)(H,28,29). The molecule has 150 valence electrons. The van der Waals surface area contributed by atoms with Gasteiger partial charge in [0.1, 0.15) is 5.54 Å². The Kier molecular flexibility index (Phi) is 4.77. The molecule has 29 heavy (non-hydrogen) atoms. The lowest BCUT2D eigenvalue weighted by Crippen LogP contribution is -2.56. The van der Waals surface area contributed by atoms with Crippen LogP contribution >= 0.6 is 0 Å². The number of aliphatic carboxylic acids is 1. The Balaban J connectivity index is 1.66. The van der Waals surface area contributed by atoms with Crippen LogP contribution in [0.2, 0.25) is 0 Å². The predicted octanol–water partition coefficient (Wildman–Crippen LogP) is 2.89. The Labute approximate surface area is 167 Å². The number of carboxylic acids is 1. The number of nitrogens with one attached hydrogen (secondary N) is 1. The van der Waals surface area contributed by atoms with Gasteiger partial charge in [-0.3, -0.25) is 9.78 Å². The zero-order valence-electron chi connectivity index (χ0n) is 16.4. The van der Waals surface area contributed by atoms with E-state index in [1.807, 2.05) is 30.3 Å². The number of nitrogens with zero attached hydrogens (tertiary/aromatic N) is 4. The fourth-order valence-corrected chi connectivity index (χ4v) is 3.96. The third-order valence-corrected chi connectivity index (χ3v) is 5.85. The van der Waals surface area contributed by atoms with Crippen LogP contribution in [-0.2, 0) is 4.79 Å². The van der Waals surface area contributed by atoms with Crippen LogP contribution in [0.3, 0.4) is 0 Å². The topological polar surface area (TPSA) is 110 Å². The van der Waals surface area contributed by atoms with Gasteiger partial charge in [0.05, 0.1) is 16.9 Å². The molecule has 0 bridgehead atoms. The third kappa shape index (κ3) is 3.35. The van der Waals surface area contributed by atoms with Crippen molar-refractivity contribution in [3.05, 3.63) is 47.9 Å². The van der Waals surface area contributed by atoms with Gasteiger partial charge in [-0.15, -0.1) is 5.10 Å². The van der Waals surface area contributed by atoms with Crippen LogP contribution in [0.5, 0.6) is 0 Å². The molecule has 0 unspecified atom stereocenters. The first kappa shape index (κ1) is 19.0. The van der Waals surface area contributed by atoms with Gasteiger partial charge >= 0.3 is 5.97 Å². The highest BCUT2D eigenvalue weighted by Crippen LogP contribution is 2.32. The zero-order chi connectivity index (χ0) is 20.6. The highest BCUT2D eigenvalue weighted by atomic mass is 16.4. The molecule has 3 aromatic rings. The maximum atomic E-state index is 12.9. The molecule has 1 amide bonds. The first-order valence-electron chi connectivity index (χ1n) is 9.73. The smallest absolute Gasteiger partial charge is 0.329 e. The molecule has 0 atom stereocenters. The summed E-state index contributed by atoms with van der Waals surface area (Å²) in [6, 6.07) is 9.43. The van der Waals surface area contributed by atoms with Crippen molar-refractivity contribution in [3.63, 3.8) is 0 Å². The third-order valence-electron chi connectivity index (χ3n) is 5.85. The van der Waals surface area contributed by atoms with Crippen LogP contribution in [0.1, 0.15) is 48.8 Å². The van der Waals surface area contributed by atoms with E-state index in [0.29, 0.717) is 24.5 Å². The molecule has 8 heteroatoms. The van der Waals surface area contributed by atoms with Gasteiger partial charge in [0.15, 0.2) is 5.69 Å². The number of carbonyl (C=O) groups excluding carboxylic acids is 1. The van der Waals surface area contributed by atoms with Crippen LogP contribution in [-0.4, -0.2) is 42.5 Å². The number of benzene rings is 1. The Morgan fingerprint density at radius 3 is 2.69 bits per heavy atom. The molecule has 1 aliphatic carbocycles. The van der Waals surface area contributed by atoms with Gasteiger partial charge < -0.3 is 10.4 Å². The molecule has 4 rings (SSSR count). The van der Waals surface area contributed by atoms with E-state index in [2.05, 4.69) is 27.5 Å². The summed E-state index contributed by atoms with van der Waals surface area (Å²) in [5.41, 5.74) is 1.00. The van der Waals surface area contributed by atoms with Gasteiger partial charge in [0, 0.05) is 11.6 Å². The number of hydrogen-bond donors (Lipinski definition) is 2. The summed E-state index contributed by atoms with van der Waals surface area (Å²) in [5, 5.41) is 21.6. The molecule has 1 aliphatic rings. The second-order valence-corrected chi connectivity index (χ2v) is 7.81. The summed E-state index contributed by atoms with van der Waals surface area (Å²) in [6.45, 7) is 3.85. The molecule has 2 N–H and O–H groups in total. The van der Waals surface area contributed by atoms with Gasteiger partial charge in [-0.2, -0.15) is 0 Å². The van der Waals surface area contributed by atoms with Crippen molar-refractivity contribution in [1.29, 1.82) is 0 Å². The molecular formula is C21H23N5O3. The molecule has 0 spiro atoms. The van der Waals surface area contributed by atoms with E-state index >= 15 is 0 Å². The van der Waals surface area contributed by atoms with Crippen LogP contribution in [0.4, 0.5) is 0 Å². The lowest BCUT2D eigenvalue weighted by atomic mass is 9.77. The van der Waals surface area contributed by atoms with Crippen LogP contribution < -0.4 is 5.32 Å². The highest BCUT2D eigenvalue weighted by Gasteiger charge is 2.43. The maximum Gasteiger partial charge on any atom is 0.329 e. The molecule has 2 aromatic heterocycles. The Morgan fingerprint density at radius 1 is 1.21 bits per heavy atom. The largest absolute Gasteiger partial charge is 0.480 e. The SMILES string of the molecule is Cc1c(C(=O)NC2(C(=O)O)CCC(C)CC2)nnn1-c1cccc2ncccc12. The quantitative estimate of drug-likeness (QED) is 0.705. The van der Waals surface area contributed by atoms with Crippen molar-refractivity contribution in [2.45, 2.75) is 45.1 Å².